The van der Waals surface area contributed by atoms with Crippen LogP contribution in [0.4, 0.5) is 24.7 Å². The fourth-order valence-electron chi connectivity index (χ4n) is 3.78. The zero-order valence-corrected chi connectivity index (χ0v) is 19.9. The number of nitrogens with one attached hydrogen (secondary N) is 1. The van der Waals surface area contributed by atoms with E-state index in [9.17, 15) is 18.0 Å². The highest BCUT2D eigenvalue weighted by Crippen LogP contribution is 2.32. The van der Waals surface area contributed by atoms with Crippen LogP contribution in [0.3, 0.4) is 0 Å². The second-order valence-corrected chi connectivity index (χ2v) is 8.47. The van der Waals surface area contributed by atoms with E-state index in [0.717, 1.165) is 43.3 Å². The van der Waals surface area contributed by atoms with E-state index >= 15 is 0 Å². The summed E-state index contributed by atoms with van der Waals surface area (Å²) >= 11 is 0. The van der Waals surface area contributed by atoms with E-state index in [-0.39, 0.29) is 17.1 Å². The molecule has 0 saturated carbocycles. The monoisotopic (exact) mass is 502 g/mol. The molecule has 1 amide bonds. The summed E-state index contributed by atoms with van der Waals surface area (Å²) in [5.74, 6) is -0.380. The van der Waals surface area contributed by atoms with E-state index in [1.54, 1.807) is 12.3 Å². The van der Waals surface area contributed by atoms with Crippen molar-refractivity contribution in [3.05, 3.63) is 60.3 Å². The lowest BCUT2D eigenvalue weighted by atomic mass is 9.86. The summed E-state index contributed by atoms with van der Waals surface area (Å²) in [5, 5.41) is 2.70. The number of hydrogen-bond donors (Lipinski definition) is 3. The van der Waals surface area contributed by atoms with Crippen LogP contribution < -0.4 is 21.7 Å². The molecule has 3 heterocycles. The van der Waals surface area contributed by atoms with Gasteiger partial charge in [0, 0.05) is 31.0 Å². The van der Waals surface area contributed by atoms with Gasteiger partial charge in [-0.2, -0.15) is 13.2 Å². The Kier molecular flexibility index (Phi) is 8.41. The second-order valence-electron chi connectivity index (χ2n) is 8.47. The first kappa shape index (κ1) is 26.8. The number of amides is 1. The van der Waals surface area contributed by atoms with Crippen LogP contribution in [0.25, 0.3) is 0 Å². The van der Waals surface area contributed by atoms with Gasteiger partial charge < -0.3 is 21.7 Å². The molecule has 0 unspecified atom stereocenters. The number of pyridine rings is 2. The highest BCUT2D eigenvalue weighted by molar-refractivity contribution is 6.38. The third-order valence-electron chi connectivity index (χ3n) is 5.95. The van der Waals surface area contributed by atoms with Crippen molar-refractivity contribution in [1.82, 2.24) is 9.97 Å². The minimum Gasteiger partial charge on any atom is -0.384 e. The van der Waals surface area contributed by atoms with Gasteiger partial charge in [0.2, 0.25) is 5.91 Å². The lowest BCUT2D eigenvalue weighted by Crippen LogP contribution is -2.50. The van der Waals surface area contributed by atoms with Crippen LogP contribution in [-0.4, -0.2) is 53.0 Å². The van der Waals surface area contributed by atoms with Crippen molar-refractivity contribution in [2.75, 3.05) is 29.9 Å². The Hall–Kier alpha value is -3.80. The van der Waals surface area contributed by atoms with Crippen molar-refractivity contribution in [2.24, 2.45) is 21.5 Å². The first-order valence-electron chi connectivity index (χ1n) is 11.4. The van der Waals surface area contributed by atoms with Crippen molar-refractivity contribution in [3.63, 3.8) is 0 Å². The largest absolute Gasteiger partial charge is 0.418 e. The molecule has 1 aliphatic rings. The van der Waals surface area contributed by atoms with Gasteiger partial charge in [0.25, 0.3) is 0 Å². The first-order chi connectivity index (χ1) is 17.0. The van der Waals surface area contributed by atoms with Crippen LogP contribution in [0.5, 0.6) is 0 Å². The number of piperidine rings is 1. The molecule has 1 saturated heterocycles. The average Bonchev–Trinajstić information content (AvgIpc) is 2.84. The number of nitrogens with zero attached hydrogens (tertiary/aromatic N) is 5. The number of halogens is 3. The lowest BCUT2D eigenvalue weighted by Gasteiger charge is -2.40. The molecule has 0 aliphatic carbocycles. The summed E-state index contributed by atoms with van der Waals surface area (Å²) in [7, 11) is 0. The van der Waals surface area contributed by atoms with E-state index in [0.29, 0.717) is 18.9 Å². The molecule has 0 radical (unpaired) electrons. The van der Waals surface area contributed by atoms with Crippen molar-refractivity contribution in [3.8, 4) is 0 Å². The maximum absolute atomic E-state index is 13.5. The maximum atomic E-state index is 13.5. The molecule has 2 aromatic rings. The quantitative estimate of drug-likeness (QED) is 0.475. The molecule has 0 atom stereocenters. The molecule has 1 fully saturated rings. The normalized spacial score (nSPS) is 16.2. The van der Waals surface area contributed by atoms with Crippen LogP contribution in [0, 0.1) is 0 Å². The van der Waals surface area contributed by atoms with Crippen molar-refractivity contribution in [1.29, 1.82) is 0 Å². The molecule has 1 aliphatic heterocycles. The zero-order valence-electron chi connectivity index (χ0n) is 19.9. The van der Waals surface area contributed by atoms with Crippen molar-refractivity contribution < 1.29 is 18.0 Å². The molecule has 0 bridgehead atoms. The molecule has 2 aromatic heterocycles. The van der Waals surface area contributed by atoms with Crippen molar-refractivity contribution in [2.45, 2.75) is 37.9 Å². The molecule has 12 heteroatoms. The van der Waals surface area contributed by atoms with Crippen LogP contribution >= 0.6 is 0 Å². The van der Waals surface area contributed by atoms with Gasteiger partial charge >= 0.3 is 6.18 Å². The minimum absolute atomic E-state index is 0.138. The minimum atomic E-state index is -4.68. The molecular formula is C24H29F3N8O. The Morgan fingerprint density at radius 1 is 1.25 bits per heavy atom. The van der Waals surface area contributed by atoms with E-state index in [1.807, 2.05) is 6.07 Å². The standard InChI is InChI=1S/C24H29F3N8O/c1-3-23(29)8-12-35(13-9-23)19-7-5-11-31-22(19)34-20(36)15-33-18(14-32-16(2)28)21-17(24(25,26)27)6-4-10-30-21/h4-7,10-11,14H,2-3,8-9,12-13,15,28-29H2,1H3,(H,31,34,36). The number of rotatable bonds is 8. The molecular weight excluding hydrogens is 473 g/mol. The maximum Gasteiger partial charge on any atom is 0.418 e. The third kappa shape index (κ3) is 6.87. The Labute approximate surface area is 207 Å². The summed E-state index contributed by atoms with van der Waals surface area (Å²) in [5.41, 5.74) is 10.6. The Morgan fingerprint density at radius 2 is 1.92 bits per heavy atom. The Morgan fingerprint density at radius 3 is 2.56 bits per heavy atom. The SMILES string of the molecule is C=C(N)N=CC(=NCC(=O)Nc1ncccc1N1CCC(N)(CC)CC1)c1ncccc1C(F)(F)F. The predicted octanol–water partition coefficient (Wildman–Crippen LogP) is 3.13. The van der Waals surface area contributed by atoms with Crippen LogP contribution in [0.15, 0.2) is 59.0 Å². The average molecular weight is 503 g/mol. The lowest BCUT2D eigenvalue weighted by molar-refractivity contribution is -0.137. The predicted molar refractivity (Wildman–Crippen MR) is 134 cm³/mol. The van der Waals surface area contributed by atoms with Gasteiger partial charge in [-0.1, -0.05) is 13.5 Å². The second kappa shape index (κ2) is 11.3. The molecule has 0 spiro atoms. The van der Waals surface area contributed by atoms with Crippen LogP contribution in [0.2, 0.25) is 0 Å². The van der Waals surface area contributed by atoms with E-state index in [1.165, 1.54) is 6.20 Å². The number of nitrogens with two attached hydrogens (primary N) is 2. The smallest absolute Gasteiger partial charge is 0.384 e. The number of alkyl halides is 3. The van der Waals surface area contributed by atoms with E-state index in [2.05, 4.69) is 43.7 Å². The van der Waals surface area contributed by atoms with Crippen LogP contribution in [0.1, 0.15) is 37.4 Å². The fraction of sp³-hybridized carbons (Fsp3) is 0.375. The Bertz CT molecular complexity index is 1150. The van der Waals surface area contributed by atoms with E-state index < -0.39 is 29.9 Å². The Balaban J connectivity index is 1.81. The molecule has 36 heavy (non-hydrogen) atoms. The van der Waals surface area contributed by atoms with Gasteiger partial charge in [0.1, 0.15) is 23.8 Å². The van der Waals surface area contributed by atoms with Gasteiger partial charge in [-0.05, 0) is 43.5 Å². The summed E-state index contributed by atoms with van der Waals surface area (Å²) in [4.78, 5) is 30.7. The number of carbonyl (C=O) groups excluding carboxylic acids is 1. The number of aromatic nitrogens is 2. The summed E-state index contributed by atoms with van der Waals surface area (Å²) in [6.07, 6.45) is 1.54. The number of aliphatic imine (C=N–C) groups is 2. The summed E-state index contributed by atoms with van der Waals surface area (Å²) < 4.78 is 40.5. The number of anilines is 2. The highest BCUT2D eigenvalue weighted by Gasteiger charge is 2.35. The van der Waals surface area contributed by atoms with E-state index in [4.69, 9.17) is 11.5 Å². The van der Waals surface area contributed by atoms with Crippen LogP contribution in [-0.2, 0) is 11.0 Å². The molecule has 0 aromatic carbocycles. The molecule has 192 valence electrons. The third-order valence-corrected chi connectivity index (χ3v) is 5.95. The van der Waals surface area contributed by atoms with Gasteiger partial charge in [0.15, 0.2) is 5.82 Å². The molecule has 9 nitrogen and oxygen atoms in total. The molecule has 5 N–H and O–H groups in total. The topological polar surface area (TPSA) is 135 Å². The zero-order chi connectivity index (χ0) is 26.3. The number of carbonyl (C=O) groups is 1. The molecule has 3 rings (SSSR count). The highest BCUT2D eigenvalue weighted by atomic mass is 19.4. The van der Waals surface area contributed by atoms with Gasteiger partial charge in [-0.3, -0.25) is 14.8 Å². The first-order valence-corrected chi connectivity index (χ1v) is 11.4. The number of hydrogen-bond acceptors (Lipinski definition) is 8. The van der Waals surface area contributed by atoms with Gasteiger partial charge in [0.05, 0.1) is 17.5 Å². The van der Waals surface area contributed by atoms with Crippen molar-refractivity contribution >= 4 is 29.3 Å². The fourth-order valence-corrected chi connectivity index (χ4v) is 3.78. The van der Waals surface area contributed by atoms with Gasteiger partial charge in [-0.25, -0.2) is 9.98 Å². The summed E-state index contributed by atoms with van der Waals surface area (Å²) in [6, 6.07) is 5.64. The van der Waals surface area contributed by atoms with Gasteiger partial charge in [-0.15, -0.1) is 0 Å². The summed E-state index contributed by atoms with van der Waals surface area (Å²) in [6.45, 7) is 6.38.